The van der Waals surface area contributed by atoms with E-state index in [2.05, 4.69) is 10.3 Å². The number of anilines is 1. The van der Waals surface area contributed by atoms with Gasteiger partial charge in [0.15, 0.2) is 9.84 Å². The van der Waals surface area contributed by atoms with Crippen molar-refractivity contribution in [1.82, 2.24) is 10.3 Å². The molecule has 1 amide bonds. The van der Waals surface area contributed by atoms with Crippen LogP contribution in [0, 0.1) is 6.92 Å². The molecule has 40 heavy (non-hydrogen) atoms. The van der Waals surface area contributed by atoms with Gasteiger partial charge >= 0.3 is 6.18 Å². The van der Waals surface area contributed by atoms with Crippen molar-refractivity contribution in [3.05, 3.63) is 88.1 Å². The predicted molar refractivity (Wildman–Crippen MR) is 146 cm³/mol. The highest BCUT2D eigenvalue weighted by Gasteiger charge is 2.33. The lowest BCUT2D eigenvalue weighted by Crippen LogP contribution is -2.35. The summed E-state index contributed by atoms with van der Waals surface area (Å²) in [5.74, 6) is 0.129. The Bertz CT molecular complexity index is 1490. The summed E-state index contributed by atoms with van der Waals surface area (Å²) < 4.78 is 63.6. The van der Waals surface area contributed by atoms with Gasteiger partial charge in [0.25, 0.3) is 5.91 Å². The fourth-order valence-corrected chi connectivity index (χ4v) is 5.91. The monoisotopic (exact) mass is 575 g/mol. The van der Waals surface area contributed by atoms with Gasteiger partial charge in [-0.1, -0.05) is 32.0 Å². The molecule has 2 heterocycles. The number of alkyl halides is 3. The Labute approximate surface area is 232 Å². The first-order chi connectivity index (χ1) is 18.9. The van der Waals surface area contributed by atoms with E-state index in [1.807, 2.05) is 17.9 Å². The third-order valence-corrected chi connectivity index (χ3v) is 9.08. The number of amides is 1. The summed E-state index contributed by atoms with van der Waals surface area (Å²) in [6.07, 6.45) is -2.83. The molecule has 0 spiro atoms. The second-order valence-corrected chi connectivity index (χ2v) is 12.2. The van der Waals surface area contributed by atoms with Crippen LogP contribution in [0.5, 0.6) is 0 Å². The fourth-order valence-electron chi connectivity index (χ4n) is 5.03. The molecule has 0 unspecified atom stereocenters. The second kappa shape index (κ2) is 11.6. The molecule has 1 aliphatic rings. The minimum Gasteiger partial charge on any atom is -0.394 e. The molecule has 0 saturated carbocycles. The number of pyridine rings is 1. The van der Waals surface area contributed by atoms with Gasteiger partial charge in [0.05, 0.1) is 28.9 Å². The highest BCUT2D eigenvalue weighted by Crippen LogP contribution is 2.36. The van der Waals surface area contributed by atoms with Crippen LogP contribution in [0.15, 0.2) is 59.6 Å². The summed E-state index contributed by atoms with van der Waals surface area (Å²) in [5, 5.41) is 12.8. The molecule has 0 fully saturated rings. The number of nitrogens with one attached hydrogen (secondary N) is 1. The molecule has 7 nitrogen and oxygen atoms in total. The van der Waals surface area contributed by atoms with E-state index in [0.29, 0.717) is 35.6 Å². The number of aromatic nitrogens is 1. The van der Waals surface area contributed by atoms with Gasteiger partial charge in [-0.15, -0.1) is 0 Å². The highest BCUT2D eigenvalue weighted by molar-refractivity contribution is 7.91. The van der Waals surface area contributed by atoms with Gasteiger partial charge in [-0.05, 0) is 65.9 Å². The van der Waals surface area contributed by atoms with E-state index in [-0.39, 0.29) is 23.2 Å². The third kappa shape index (κ3) is 6.15. The van der Waals surface area contributed by atoms with E-state index in [9.17, 15) is 31.5 Å². The number of hydrogen-bond donors (Lipinski definition) is 2. The third-order valence-electron chi connectivity index (χ3n) is 7.33. The molecule has 11 heteroatoms. The van der Waals surface area contributed by atoms with E-state index in [1.165, 1.54) is 12.1 Å². The Morgan fingerprint density at radius 3 is 2.42 bits per heavy atom. The van der Waals surface area contributed by atoms with E-state index in [4.69, 9.17) is 0 Å². The van der Waals surface area contributed by atoms with Crippen molar-refractivity contribution < 1.29 is 31.5 Å². The van der Waals surface area contributed by atoms with Gasteiger partial charge in [-0.3, -0.25) is 4.79 Å². The second-order valence-electron chi connectivity index (χ2n) is 9.94. The van der Waals surface area contributed by atoms with Gasteiger partial charge in [0, 0.05) is 30.8 Å². The molecule has 0 aliphatic carbocycles. The number of hydrogen-bond acceptors (Lipinski definition) is 6. The molecule has 2 aromatic carbocycles. The van der Waals surface area contributed by atoms with E-state index >= 15 is 0 Å². The maximum atomic E-state index is 13.2. The van der Waals surface area contributed by atoms with E-state index in [0.717, 1.165) is 29.8 Å². The number of rotatable bonds is 8. The zero-order valence-electron chi connectivity index (χ0n) is 22.5. The number of carbonyl (C=O) groups excluding carboxylic acids is 1. The molecule has 4 rings (SSSR count). The first-order valence-electron chi connectivity index (χ1n) is 13.0. The van der Waals surface area contributed by atoms with Crippen LogP contribution in [0.25, 0.3) is 0 Å². The minimum absolute atomic E-state index is 0.0321. The first kappa shape index (κ1) is 29.5. The minimum atomic E-state index is -4.47. The Balaban J connectivity index is 1.56. The number of aliphatic hydroxyl groups is 1. The van der Waals surface area contributed by atoms with Gasteiger partial charge in [0.2, 0.25) is 0 Å². The summed E-state index contributed by atoms with van der Waals surface area (Å²) in [5.41, 5.74) is 2.51. The Morgan fingerprint density at radius 2 is 1.85 bits per heavy atom. The smallest absolute Gasteiger partial charge is 0.394 e. The summed E-state index contributed by atoms with van der Waals surface area (Å²) in [6.45, 7) is 5.78. The van der Waals surface area contributed by atoms with Crippen molar-refractivity contribution in [3.8, 4) is 0 Å². The zero-order valence-corrected chi connectivity index (χ0v) is 23.3. The number of nitrogens with zero attached hydrogens (tertiary/aromatic N) is 2. The Kier molecular flexibility index (Phi) is 8.55. The lowest BCUT2D eigenvalue weighted by Gasteiger charge is -2.36. The van der Waals surface area contributed by atoms with Crippen molar-refractivity contribution in [3.63, 3.8) is 0 Å². The molecule has 1 aliphatic heterocycles. The van der Waals surface area contributed by atoms with Crippen molar-refractivity contribution in [2.24, 2.45) is 0 Å². The van der Waals surface area contributed by atoms with Crippen LogP contribution in [0.2, 0.25) is 0 Å². The number of aliphatic hydroxyl groups excluding tert-OH is 1. The van der Waals surface area contributed by atoms with Crippen LogP contribution in [-0.4, -0.2) is 43.3 Å². The lowest BCUT2D eigenvalue weighted by molar-refractivity contribution is -0.137. The SMILES string of the molecule is CC[C@H]1CN(c2ncc(C(F)(F)F)cc2C)Cc2cc(C(=O)N[C@@H](CO)c3ccc(S(=O)(=O)CC)cc3)ccc21. The molecule has 0 saturated heterocycles. The number of aryl methyl sites for hydroxylation is 1. The summed E-state index contributed by atoms with van der Waals surface area (Å²) >= 11 is 0. The fraction of sp³-hybridized carbons (Fsp3) is 0.379. The molecular formula is C29H32F3N3O4S. The number of fused-ring (bicyclic) bond motifs is 1. The largest absolute Gasteiger partial charge is 0.417 e. The molecule has 2 atom stereocenters. The van der Waals surface area contributed by atoms with Crippen molar-refractivity contribution in [2.75, 3.05) is 23.8 Å². The Hall–Kier alpha value is -3.44. The molecule has 2 N–H and O–H groups in total. The van der Waals surface area contributed by atoms with Gasteiger partial charge in [-0.2, -0.15) is 13.2 Å². The molecule has 0 radical (unpaired) electrons. The van der Waals surface area contributed by atoms with Crippen LogP contribution in [-0.2, 0) is 22.6 Å². The number of carbonyl (C=O) groups is 1. The van der Waals surface area contributed by atoms with Crippen molar-refractivity contribution in [2.45, 2.75) is 56.8 Å². The normalized spacial score (nSPS) is 16.4. The Morgan fingerprint density at radius 1 is 1.15 bits per heavy atom. The predicted octanol–water partition coefficient (Wildman–Crippen LogP) is 5.18. The van der Waals surface area contributed by atoms with Crippen molar-refractivity contribution in [1.29, 1.82) is 0 Å². The lowest BCUT2D eigenvalue weighted by atomic mass is 9.86. The maximum absolute atomic E-state index is 13.2. The average molecular weight is 576 g/mol. The van der Waals surface area contributed by atoms with Crippen LogP contribution in [0.1, 0.15) is 70.4 Å². The van der Waals surface area contributed by atoms with Gasteiger partial charge in [0.1, 0.15) is 5.82 Å². The average Bonchev–Trinajstić information content (AvgIpc) is 2.94. The standard InChI is InChI=1S/C29H32F3N3O4S/c1-4-19-15-35(27-18(3)12-23(14-33-27)29(30,31)32)16-22-13-21(8-11-25(19)22)28(37)34-26(17-36)20-6-9-24(10-7-20)40(38,39)5-2/h6-14,19,26,36H,4-5,15-17H2,1-3H3,(H,34,37)/t19-,26-/m0/s1. The molecular weight excluding hydrogens is 543 g/mol. The number of benzene rings is 2. The first-order valence-corrected chi connectivity index (χ1v) is 14.7. The number of halogens is 3. The quantitative estimate of drug-likeness (QED) is 0.384. The van der Waals surface area contributed by atoms with Crippen LogP contribution in [0.3, 0.4) is 0 Å². The van der Waals surface area contributed by atoms with Crippen LogP contribution >= 0.6 is 0 Å². The van der Waals surface area contributed by atoms with E-state index in [1.54, 1.807) is 38.1 Å². The molecule has 1 aromatic heterocycles. The molecule has 214 valence electrons. The van der Waals surface area contributed by atoms with Crippen molar-refractivity contribution >= 4 is 21.6 Å². The summed E-state index contributed by atoms with van der Waals surface area (Å²) in [4.78, 5) is 19.4. The maximum Gasteiger partial charge on any atom is 0.417 e. The number of sulfone groups is 1. The van der Waals surface area contributed by atoms with Gasteiger partial charge in [-0.25, -0.2) is 13.4 Å². The van der Waals surface area contributed by atoms with Crippen LogP contribution < -0.4 is 10.2 Å². The highest BCUT2D eigenvalue weighted by atomic mass is 32.2. The summed E-state index contributed by atoms with van der Waals surface area (Å²) in [6, 6.07) is 11.8. The van der Waals surface area contributed by atoms with E-state index < -0.39 is 33.5 Å². The molecule has 3 aromatic rings. The topological polar surface area (TPSA) is 99.6 Å². The zero-order chi connectivity index (χ0) is 29.2. The molecule has 0 bridgehead atoms. The summed E-state index contributed by atoms with van der Waals surface area (Å²) in [7, 11) is -3.37. The van der Waals surface area contributed by atoms with Gasteiger partial charge < -0.3 is 15.3 Å². The van der Waals surface area contributed by atoms with Crippen LogP contribution in [0.4, 0.5) is 19.0 Å².